The van der Waals surface area contributed by atoms with E-state index in [4.69, 9.17) is 5.11 Å². The van der Waals surface area contributed by atoms with Crippen LogP contribution in [0.1, 0.15) is 104 Å². The van der Waals surface area contributed by atoms with E-state index in [1.54, 1.807) is 0 Å². The molecule has 0 amide bonds. The molecule has 0 spiro atoms. The maximum Gasteiger partial charge on any atom is 0.309 e. The van der Waals surface area contributed by atoms with Gasteiger partial charge in [-0.2, -0.15) is 0 Å². The highest BCUT2D eigenvalue weighted by Crippen LogP contribution is 2.46. The van der Waals surface area contributed by atoms with E-state index in [2.05, 4.69) is 13.8 Å². The van der Waals surface area contributed by atoms with E-state index in [0.717, 1.165) is 44.4 Å². The van der Waals surface area contributed by atoms with Crippen molar-refractivity contribution in [1.82, 2.24) is 0 Å². The standard InChI is InChI=1S/C21H38O4/c1-17(2)11-6-3-4-9-15-21(20(24)25,16-10-14-19(22)23)18-12-7-5-8-13-18/h17-18H,3-16H2,1-2H3,(H,22,23)(H,24,25). The first-order chi connectivity index (χ1) is 11.9. The van der Waals surface area contributed by atoms with Gasteiger partial charge in [-0.25, -0.2) is 0 Å². The Balaban J connectivity index is 2.63. The van der Waals surface area contributed by atoms with Gasteiger partial charge in [0.05, 0.1) is 5.41 Å². The molecular formula is C21H38O4. The van der Waals surface area contributed by atoms with Crippen LogP contribution in [-0.4, -0.2) is 22.2 Å². The largest absolute Gasteiger partial charge is 0.481 e. The molecule has 146 valence electrons. The molecule has 1 atom stereocenters. The molecule has 4 heteroatoms. The van der Waals surface area contributed by atoms with Gasteiger partial charge in [0.1, 0.15) is 0 Å². The molecular weight excluding hydrogens is 316 g/mol. The number of rotatable bonds is 13. The zero-order chi connectivity index (χ0) is 18.7. The second-order valence-corrected chi connectivity index (χ2v) is 8.39. The fraction of sp³-hybridized carbons (Fsp3) is 0.905. The summed E-state index contributed by atoms with van der Waals surface area (Å²) in [5.74, 6) is -0.553. The highest BCUT2D eigenvalue weighted by Gasteiger charge is 2.44. The van der Waals surface area contributed by atoms with E-state index in [0.29, 0.717) is 19.3 Å². The Morgan fingerprint density at radius 1 is 0.920 bits per heavy atom. The van der Waals surface area contributed by atoms with Gasteiger partial charge in [-0.1, -0.05) is 65.2 Å². The van der Waals surface area contributed by atoms with E-state index in [1.807, 2.05) is 0 Å². The van der Waals surface area contributed by atoms with Crippen LogP contribution in [0.5, 0.6) is 0 Å². The second-order valence-electron chi connectivity index (χ2n) is 8.39. The van der Waals surface area contributed by atoms with E-state index in [1.165, 1.54) is 25.7 Å². The molecule has 0 aromatic carbocycles. The maximum absolute atomic E-state index is 12.3. The van der Waals surface area contributed by atoms with Crippen molar-refractivity contribution in [3.8, 4) is 0 Å². The van der Waals surface area contributed by atoms with Gasteiger partial charge in [-0.3, -0.25) is 9.59 Å². The first-order valence-electron chi connectivity index (χ1n) is 10.3. The SMILES string of the molecule is CC(C)CCCCCCC(CCCC(=O)O)(C(=O)O)C1CCCCC1. The summed E-state index contributed by atoms with van der Waals surface area (Å²) in [7, 11) is 0. The molecule has 1 rings (SSSR count). The second kappa shape index (κ2) is 11.5. The molecule has 0 bridgehead atoms. The van der Waals surface area contributed by atoms with Crippen molar-refractivity contribution >= 4 is 11.9 Å². The summed E-state index contributed by atoms with van der Waals surface area (Å²) < 4.78 is 0. The molecule has 0 saturated heterocycles. The van der Waals surface area contributed by atoms with Crippen LogP contribution in [0.3, 0.4) is 0 Å². The molecule has 1 aliphatic rings. The van der Waals surface area contributed by atoms with Crippen LogP contribution in [0.25, 0.3) is 0 Å². The molecule has 1 aliphatic carbocycles. The minimum Gasteiger partial charge on any atom is -0.481 e. The van der Waals surface area contributed by atoms with Crippen molar-refractivity contribution in [3.63, 3.8) is 0 Å². The monoisotopic (exact) mass is 354 g/mol. The summed E-state index contributed by atoms with van der Waals surface area (Å²) in [6, 6.07) is 0. The molecule has 4 nitrogen and oxygen atoms in total. The van der Waals surface area contributed by atoms with Crippen molar-refractivity contribution in [2.24, 2.45) is 17.3 Å². The molecule has 1 unspecified atom stereocenters. The summed E-state index contributed by atoms with van der Waals surface area (Å²) >= 11 is 0. The van der Waals surface area contributed by atoms with Crippen LogP contribution in [0.2, 0.25) is 0 Å². The Morgan fingerprint density at radius 3 is 2.08 bits per heavy atom. The van der Waals surface area contributed by atoms with Crippen LogP contribution in [0.4, 0.5) is 0 Å². The van der Waals surface area contributed by atoms with Gasteiger partial charge >= 0.3 is 11.9 Å². The fourth-order valence-electron chi connectivity index (χ4n) is 4.48. The molecule has 0 heterocycles. The Bertz CT molecular complexity index is 399. The zero-order valence-electron chi connectivity index (χ0n) is 16.3. The summed E-state index contributed by atoms with van der Waals surface area (Å²) in [4.78, 5) is 23.1. The van der Waals surface area contributed by atoms with E-state index in [9.17, 15) is 14.7 Å². The molecule has 1 saturated carbocycles. The average Bonchev–Trinajstić information content (AvgIpc) is 2.56. The van der Waals surface area contributed by atoms with Crippen LogP contribution in [0, 0.1) is 17.3 Å². The maximum atomic E-state index is 12.3. The van der Waals surface area contributed by atoms with Gasteiger partial charge in [-0.05, 0) is 43.9 Å². The van der Waals surface area contributed by atoms with Gasteiger partial charge < -0.3 is 10.2 Å². The smallest absolute Gasteiger partial charge is 0.309 e. The first kappa shape index (κ1) is 22.0. The van der Waals surface area contributed by atoms with Crippen molar-refractivity contribution in [2.45, 2.75) is 104 Å². The number of hydrogen-bond donors (Lipinski definition) is 2. The number of unbranched alkanes of at least 4 members (excludes halogenated alkanes) is 3. The third-order valence-electron chi connectivity index (χ3n) is 5.98. The minimum atomic E-state index is -0.823. The molecule has 1 fully saturated rings. The van der Waals surface area contributed by atoms with Crippen molar-refractivity contribution in [2.75, 3.05) is 0 Å². The summed E-state index contributed by atoms with van der Waals surface area (Å²) in [6.07, 6.45) is 12.9. The minimum absolute atomic E-state index is 0.0795. The number of carboxylic acids is 2. The van der Waals surface area contributed by atoms with E-state index in [-0.39, 0.29) is 12.3 Å². The quantitative estimate of drug-likeness (QED) is 0.404. The fourth-order valence-corrected chi connectivity index (χ4v) is 4.48. The molecule has 2 N–H and O–H groups in total. The van der Waals surface area contributed by atoms with Gasteiger partial charge in [-0.15, -0.1) is 0 Å². The lowest BCUT2D eigenvalue weighted by atomic mass is 9.63. The number of carbonyl (C=O) groups is 2. The van der Waals surface area contributed by atoms with Crippen LogP contribution < -0.4 is 0 Å². The van der Waals surface area contributed by atoms with Gasteiger partial charge in [0, 0.05) is 6.42 Å². The van der Waals surface area contributed by atoms with Gasteiger partial charge in [0.2, 0.25) is 0 Å². The Hall–Kier alpha value is -1.06. The lowest BCUT2D eigenvalue weighted by Gasteiger charge is -2.40. The lowest BCUT2D eigenvalue weighted by Crippen LogP contribution is -2.40. The van der Waals surface area contributed by atoms with Crippen LogP contribution >= 0.6 is 0 Å². The average molecular weight is 355 g/mol. The van der Waals surface area contributed by atoms with Crippen LogP contribution in [0.15, 0.2) is 0 Å². The predicted octanol–water partition coefficient (Wildman–Crippen LogP) is 5.89. The third kappa shape index (κ3) is 7.79. The van der Waals surface area contributed by atoms with E-state index >= 15 is 0 Å². The van der Waals surface area contributed by atoms with Crippen molar-refractivity contribution < 1.29 is 19.8 Å². The molecule has 0 aromatic rings. The van der Waals surface area contributed by atoms with Gasteiger partial charge in [0.15, 0.2) is 0 Å². The Labute approximate surface area is 153 Å². The number of hydrogen-bond acceptors (Lipinski definition) is 2. The third-order valence-corrected chi connectivity index (χ3v) is 5.98. The number of aliphatic carboxylic acids is 2. The van der Waals surface area contributed by atoms with E-state index < -0.39 is 17.4 Å². The number of carboxylic acid groups (broad SMARTS) is 2. The van der Waals surface area contributed by atoms with Crippen molar-refractivity contribution in [3.05, 3.63) is 0 Å². The Kier molecular flexibility index (Phi) is 10.1. The molecule has 0 radical (unpaired) electrons. The first-order valence-corrected chi connectivity index (χ1v) is 10.3. The summed E-state index contributed by atoms with van der Waals surface area (Å²) in [6.45, 7) is 4.47. The molecule has 25 heavy (non-hydrogen) atoms. The highest BCUT2D eigenvalue weighted by molar-refractivity contribution is 5.75. The summed E-state index contributed by atoms with van der Waals surface area (Å²) in [5, 5.41) is 19.0. The summed E-state index contributed by atoms with van der Waals surface area (Å²) in [5.41, 5.74) is -0.700. The molecule has 0 aliphatic heterocycles. The normalized spacial score (nSPS) is 18.2. The molecule has 0 aromatic heterocycles. The van der Waals surface area contributed by atoms with Gasteiger partial charge in [0.25, 0.3) is 0 Å². The van der Waals surface area contributed by atoms with Crippen molar-refractivity contribution in [1.29, 1.82) is 0 Å². The zero-order valence-corrected chi connectivity index (χ0v) is 16.3. The highest BCUT2D eigenvalue weighted by atomic mass is 16.4. The van der Waals surface area contributed by atoms with Crippen LogP contribution in [-0.2, 0) is 9.59 Å². The predicted molar refractivity (Wildman–Crippen MR) is 101 cm³/mol. The Morgan fingerprint density at radius 2 is 1.52 bits per heavy atom. The lowest BCUT2D eigenvalue weighted by molar-refractivity contribution is -0.156. The topological polar surface area (TPSA) is 74.6 Å².